The first-order valence-electron chi connectivity index (χ1n) is 6.69. The van der Waals surface area contributed by atoms with Gasteiger partial charge in [0.05, 0.1) is 5.56 Å². The molecule has 4 heteroatoms. The number of aryl methyl sites for hydroxylation is 1. The normalized spacial score (nSPS) is 10.7. The molecule has 0 aliphatic carbocycles. The second-order valence-corrected chi connectivity index (χ2v) is 4.87. The van der Waals surface area contributed by atoms with Gasteiger partial charge in [-0.1, -0.05) is 18.2 Å². The maximum Gasteiger partial charge on any atom is 0.335 e. The molecule has 0 unspecified atom stereocenters. The Morgan fingerprint density at radius 2 is 1.86 bits per heavy atom. The van der Waals surface area contributed by atoms with Gasteiger partial charge in [0.2, 0.25) is 0 Å². The van der Waals surface area contributed by atoms with Crippen molar-refractivity contribution in [3.05, 3.63) is 65.4 Å². The molecule has 2 aromatic carbocycles. The fourth-order valence-electron chi connectivity index (χ4n) is 2.36. The lowest BCUT2D eigenvalue weighted by atomic mass is 10.1. The van der Waals surface area contributed by atoms with Crippen LogP contribution >= 0.6 is 0 Å². The Morgan fingerprint density at radius 3 is 2.57 bits per heavy atom. The van der Waals surface area contributed by atoms with Crippen LogP contribution in [0.15, 0.2) is 52.9 Å². The van der Waals surface area contributed by atoms with Gasteiger partial charge in [0, 0.05) is 23.2 Å². The molecule has 4 nitrogen and oxygen atoms in total. The molecule has 106 valence electrons. The summed E-state index contributed by atoms with van der Waals surface area (Å²) in [7, 11) is 0. The van der Waals surface area contributed by atoms with Crippen LogP contribution in [0.5, 0.6) is 0 Å². The Balaban J connectivity index is 1.80. The lowest BCUT2D eigenvalue weighted by molar-refractivity contribution is 0.0697. The van der Waals surface area contributed by atoms with E-state index in [9.17, 15) is 4.79 Å². The van der Waals surface area contributed by atoms with Gasteiger partial charge in [-0.2, -0.15) is 0 Å². The monoisotopic (exact) mass is 281 g/mol. The number of carbonyl (C=O) groups is 1. The summed E-state index contributed by atoms with van der Waals surface area (Å²) in [6, 6.07) is 14.6. The highest BCUT2D eigenvalue weighted by Crippen LogP contribution is 2.26. The molecule has 0 amide bonds. The minimum absolute atomic E-state index is 0.283. The molecular formula is C17H15NO3. The van der Waals surface area contributed by atoms with Crippen LogP contribution in [-0.2, 0) is 6.54 Å². The van der Waals surface area contributed by atoms with Crippen molar-refractivity contribution in [1.82, 2.24) is 0 Å². The third-order valence-corrected chi connectivity index (χ3v) is 3.50. The van der Waals surface area contributed by atoms with Gasteiger partial charge < -0.3 is 14.8 Å². The van der Waals surface area contributed by atoms with Gasteiger partial charge in [-0.15, -0.1) is 0 Å². The van der Waals surface area contributed by atoms with Gasteiger partial charge in [0.25, 0.3) is 0 Å². The molecule has 0 fully saturated rings. The molecule has 1 aromatic heterocycles. The molecule has 0 atom stereocenters. The van der Waals surface area contributed by atoms with E-state index in [1.54, 1.807) is 24.3 Å². The van der Waals surface area contributed by atoms with Crippen molar-refractivity contribution in [2.24, 2.45) is 0 Å². The number of aromatic carboxylic acids is 1. The van der Waals surface area contributed by atoms with Crippen molar-refractivity contribution in [1.29, 1.82) is 0 Å². The van der Waals surface area contributed by atoms with Crippen molar-refractivity contribution < 1.29 is 14.3 Å². The summed E-state index contributed by atoms with van der Waals surface area (Å²) < 4.78 is 5.72. The lowest BCUT2D eigenvalue weighted by Crippen LogP contribution is -2.01. The topological polar surface area (TPSA) is 62.5 Å². The molecule has 2 N–H and O–H groups in total. The summed E-state index contributed by atoms with van der Waals surface area (Å²) in [5.74, 6) is -0.0240. The predicted molar refractivity (Wildman–Crippen MR) is 81.7 cm³/mol. The number of nitrogens with one attached hydrogen (secondary N) is 1. The Morgan fingerprint density at radius 1 is 1.14 bits per heavy atom. The van der Waals surface area contributed by atoms with E-state index in [1.807, 2.05) is 31.2 Å². The highest BCUT2D eigenvalue weighted by atomic mass is 16.4. The minimum atomic E-state index is -0.918. The lowest BCUT2D eigenvalue weighted by Gasteiger charge is -2.06. The van der Waals surface area contributed by atoms with E-state index in [0.29, 0.717) is 6.54 Å². The van der Waals surface area contributed by atoms with Crippen LogP contribution in [0.1, 0.15) is 21.7 Å². The first-order chi connectivity index (χ1) is 10.1. The number of fused-ring (bicyclic) bond motifs is 1. The van der Waals surface area contributed by atoms with Gasteiger partial charge in [-0.25, -0.2) is 4.79 Å². The Bertz CT molecular complexity index is 787. The highest BCUT2D eigenvalue weighted by Gasteiger charge is 2.10. The number of hydrogen-bond acceptors (Lipinski definition) is 3. The van der Waals surface area contributed by atoms with Gasteiger partial charge in [-0.3, -0.25) is 0 Å². The van der Waals surface area contributed by atoms with Crippen molar-refractivity contribution in [2.75, 3.05) is 5.32 Å². The second kappa shape index (κ2) is 5.32. The van der Waals surface area contributed by atoms with Gasteiger partial charge in [0.15, 0.2) is 0 Å². The predicted octanol–water partition coefficient (Wildman–Crippen LogP) is 4.05. The standard InChI is InChI=1S/C17H15NO3/c1-11-15(14-4-2-3-5-16(14)21-11)10-18-13-8-6-12(7-9-13)17(19)20/h2-9,18H,10H2,1H3,(H,19,20). The molecule has 1 heterocycles. The summed E-state index contributed by atoms with van der Waals surface area (Å²) in [6.45, 7) is 2.58. The summed E-state index contributed by atoms with van der Waals surface area (Å²) in [6.07, 6.45) is 0. The maximum absolute atomic E-state index is 10.8. The van der Waals surface area contributed by atoms with E-state index < -0.39 is 5.97 Å². The maximum atomic E-state index is 10.8. The SMILES string of the molecule is Cc1oc2ccccc2c1CNc1ccc(C(=O)O)cc1. The Labute approximate surface area is 122 Å². The zero-order valence-corrected chi connectivity index (χ0v) is 11.6. The van der Waals surface area contributed by atoms with E-state index in [2.05, 4.69) is 5.32 Å². The number of carboxylic acid groups (broad SMARTS) is 1. The molecule has 21 heavy (non-hydrogen) atoms. The molecule has 0 radical (unpaired) electrons. The van der Waals surface area contributed by atoms with Crippen LogP contribution in [-0.4, -0.2) is 11.1 Å². The zero-order valence-electron chi connectivity index (χ0n) is 11.6. The van der Waals surface area contributed by atoms with Crippen molar-refractivity contribution >= 4 is 22.6 Å². The average molecular weight is 281 g/mol. The van der Waals surface area contributed by atoms with Crippen LogP contribution < -0.4 is 5.32 Å². The first-order valence-corrected chi connectivity index (χ1v) is 6.69. The molecule has 3 rings (SSSR count). The molecular weight excluding hydrogens is 266 g/mol. The van der Waals surface area contributed by atoms with E-state index >= 15 is 0 Å². The van der Waals surface area contributed by atoms with Crippen molar-refractivity contribution in [2.45, 2.75) is 13.5 Å². The third-order valence-electron chi connectivity index (χ3n) is 3.50. The van der Waals surface area contributed by atoms with Gasteiger partial charge >= 0.3 is 5.97 Å². The molecule has 0 saturated heterocycles. The van der Waals surface area contributed by atoms with E-state index in [-0.39, 0.29) is 5.56 Å². The average Bonchev–Trinajstić information content (AvgIpc) is 2.81. The van der Waals surface area contributed by atoms with Crippen LogP contribution in [0.4, 0.5) is 5.69 Å². The number of furan rings is 1. The quantitative estimate of drug-likeness (QED) is 0.757. The van der Waals surface area contributed by atoms with Crippen molar-refractivity contribution in [3.8, 4) is 0 Å². The number of anilines is 1. The zero-order chi connectivity index (χ0) is 14.8. The van der Waals surface area contributed by atoms with E-state index in [0.717, 1.165) is 28.0 Å². The fraction of sp³-hybridized carbons (Fsp3) is 0.118. The number of benzene rings is 2. The summed E-state index contributed by atoms with van der Waals surface area (Å²) in [5, 5.41) is 13.3. The summed E-state index contributed by atoms with van der Waals surface area (Å²) >= 11 is 0. The number of para-hydroxylation sites is 1. The molecule has 0 aliphatic rings. The van der Waals surface area contributed by atoms with Crippen LogP contribution in [0.25, 0.3) is 11.0 Å². The molecule has 0 bridgehead atoms. The largest absolute Gasteiger partial charge is 0.478 e. The van der Waals surface area contributed by atoms with Crippen LogP contribution in [0.3, 0.4) is 0 Å². The minimum Gasteiger partial charge on any atom is -0.478 e. The smallest absolute Gasteiger partial charge is 0.335 e. The highest BCUT2D eigenvalue weighted by molar-refractivity contribution is 5.88. The molecule has 0 spiro atoms. The fourth-order valence-corrected chi connectivity index (χ4v) is 2.36. The van der Waals surface area contributed by atoms with Crippen molar-refractivity contribution in [3.63, 3.8) is 0 Å². The molecule has 3 aromatic rings. The Hall–Kier alpha value is -2.75. The second-order valence-electron chi connectivity index (χ2n) is 4.87. The van der Waals surface area contributed by atoms with Crippen LogP contribution in [0.2, 0.25) is 0 Å². The van der Waals surface area contributed by atoms with Gasteiger partial charge in [0.1, 0.15) is 11.3 Å². The van der Waals surface area contributed by atoms with Crippen LogP contribution in [0, 0.1) is 6.92 Å². The number of rotatable bonds is 4. The number of hydrogen-bond donors (Lipinski definition) is 2. The van der Waals surface area contributed by atoms with E-state index in [4.69, 9.17) is 9.52 Å². The van der Waals surface area contributed by atoms with E-state index in [1.165, 1.54) is 0 Å². The summed E-state index contributed by atoms with van der Waals surface area (Å²) in [4.78, 5) is 10.8. The molecule has 0 aliphatic heterocycles. The summed E-state index contributed by atoms with van der Waals surface area (Å²) in [5.41, 5.74) is 3.16. The van der Waals surface area contributed by atoms with Gasteiger partial charge in [-0.05, 0) is 37.3 Å². The first kappa shape index (κ1) is 13.2. The number of carboxylic acids is 1. The molecule has 0 saturated carbocycles. The third kappa shape index (κ3) is 2.60. The Kier molecular flexibility index (Phi) is 3.36.